The van der Waals surface area contributed by atoms with Crippen molar-refractivity contribution in [1.82, 2.24) is 0 Å². The monoisotopic (exact) mass is 315 g/mol. The summed E-state index contributed by atoms with van der Waals surface area (Å²) in [5, 5.41) is 5.29. The van der Waals surface area contributed by atoms with Crippen molar-refractivity contribution < 1.29 is 0 Å². The van der Waals surface area contributed by atoms with Crippen LogP contribution in [0.3, 0.4) is 0 Å². The largest absolute Gasteiger partial charge is 0.161 e. The van der Waals surface area contributed by atoms with Crippen LogP contribution in [0.4, 0.5) is 0 Å². The summed E-state index contributed by atoms with van der Waals surface area (Å²) in [5.74, 6) is 1.14. The average molecular weight is 315 g/mol. The van der Waals surface area contributed by atoms with Gasteiger partial charge in [-0.15, -0.1) is 0 Å². The number of hydrogen-bond donors (Lipinski definition) is 0. The molecule has 0 saturated heterocycles. The van der Waals surface area contributed by atoms with Gasteiger partial charge in [-0.3, -0.25) is 0 Å². The summed E-state index contributed by atoms with van der Waals surface area (Å²) >= 11 is 0. The van der Waals surface area contributed by atoms with Crippen LogP contribution >= 0.6 is 0 Å². The Morgan fingerprint density at radius 2 is 1.00 bits per heavy atom. The fraction of sp³-hybridized carbons (Fsp3) is 0.0909. The number of fused-ring (bicyclic) bond motifs is 2. The Labute approximate surface area is 140 Å². The maximum atomic E-state index is 2.36. The van der Waals surface area contributed by atoms with Crippen molar-refractivity contribution in [2.45, 2.75) is 16.7 Å². The summed E-state index contributed by atoms with van der Waals surface area (Å²) in [5.41, 5.74) is 0. The molecule has 0 aliphatic rings. The van der Waals surface area contributed by atoms with E-state index in [9.17, 15) is 0 Å². The first-order valence-electron chi connectivity index (χ1n) is 8.03. The molecular formula is C22H19S+. The van der Waals surface area contributed by atoms with E-state index in [2.05, 4.69) is 91.9 Å². The van der Waals surface area contributed by atoms with Gasteiger partial charge >= 0.3 is 0 Å². The molecule has 0 atom stereocenters. The zero-order valence-electron chi connectivity index (χ0n) is 13.2. The molecule has 0 aromatic heterocycles. The minimum absolute atomic E-state index is 0.130. The van der Waals surface area contributed by atoms with Crippen molar-refractivity contribution in [2.24, 2.45) is 0 Å². The normalized spacial score (nSPS) is 11.4. The highest BCUT2D eigenvalue weighted by atomic mass is 32.2. The molecule has 0 aliphatic carbocycles. The van der Waals surface area contributed by atoms with E-state index in [0.29, 0.717) is 0 Å². The molecule has 0 bridgehead atoms. The van der Waals surface area contributed by atoms with Gasteiger partial charge in [0.25, 0.3) is 0 Å². The van der Waals surface area contributed by atoms with E-state index in [4.69, 9.17) is 0 Å². The Balaban J connectivity index is 1.81. The van der Waals surface area contributed by atoms with Crippen LogP contribution in [-0.4, -0.2) is 5.75 Å². The molecule has 0 unspecified atom stereocenters. The van der Waals surface area contributed by atoms with Crippen LogP contribution in [0, 0.1) is 0 Å². The van der Waals surface area contributed by atoms with Gasteiger partial charge < -0.3 is 0 Å². The molecule has 0 amide bonds. The Hall–Kier alpha value is -2.25. The molecule has 0 nitrogen and oxygen atoms in total. The van der Waals surface area contributed by atoms with E-state index in [1.54, 1.807) is 0 Å². The van der Waals surface area contributed by atoms with Crippen LogP contribution in [0.15, 0.2) is 94.7 Å². The first-order chi connectivity index (χ1) is 11.3. The zero-order valence-corrected chi connectivity index (χ0v) is 14.0. The number of benzene rings is 4. The van der Waals surface area contributed by atoms with Gasteiger partial charge in [0.15, 0.2) is 9.79 Å². The van der Waals surface area contributed by atoms with Crippen molar-refractivity contribution in [1.29, 1.82) is 0 Å². The molecular weight excluding hydrogens is 296 g/mol. The van der Waals surface area contributed by atoms with Crippen LogP contribution in [0.5, 0.6) is 0 Å². The van der Waals surface area contributed by atoms with E-state index in [0.717, 1.165) is 5.75 Å². The Morgan fingerprint density at radius 3 is 1.43 bits per heavy atom. The van der Waals surface area contributed by atoms with E-state index in [1.807, 2.05) is 0 Å². The summed E-state index contributed by atoms with van der Waals surface area (Å²) in [4.78, 5) is 2.86. The molecule has 1 heteroatoms. The van der Waals surface area contributed by atoms with E-state index in [-0.39, 0.29) is 10.9 Å². The first kappa shape index (κ1) is 14.3. The van der Waals surface area contributed by atoms with Gasteiger partial charge in [-0.25, -0.2) is 0 Å². The fourth-order valence-corrected chi connectivity index (χ4v) is 5.05. The second-order valence-corrected chi connectivity index (χ2v) is 8.00. The van der Waals surface area contributed by atoms with Crippen molar-refractivity contribution in [3.05, 3.63) is 84.9 Å². The second-order valence-electron chi connectivity index (χ2n) is 5.70. The maximum Gasteiger partial charge on any atom is 0.161 e. The van der Waals surface area contributed by atoms with Crippen molar-refractivity contribution in [2.75, 3.05) is 5.75 Å². The van der Waals surface area contributed by atoms with Crippen molar-refractivity contribution in [3.8, 4) is 0 Å². The lowest BCUT2D eigenvalue weighted by Gasteiger charge is -2.08. The molecule has 0 aliphatic heterocycles. The highest BCUT2D eigenvalue weighted by Gasteiger charge is 2.23. The standard InChI is InChI=1S/C22H19S/c1-2-23(21-13-11-17-7-3-5-9-19(17)15-21)22-14-12-18-8-4-6-10-20(18)16-22/h3-16H,2H2,1H3/q+1. The van der Waals surface area contributed by atoms with Gasteiger partial charge in [0.2, 0.25) is 0 Å². The smallest absolute Gasteiger partial charge is 0.0616 e. The Bertz CT molecular complexity index is 892. The molecule has 112 valence electrons. The lowest BCUT2D eigenvalue weighted by atomic mass is 10.1. The minimum atomic E-state index is 0.130. The fourth-order valence-electron chi connectivity index (χ4n) is 3.11. The molecule has 0 saturated carbocycles. The van der Waals surface area contributed by atoms with Crippen LogP contribution in [0.2, 0.25) is 0 Å². The molecule has 0 N–H and O–H groups in total. The lowest BCUT2D eigenvalue weighted by molar-refractivity contribution is 1.36. The number of rotatable bonds is 3. The zero-order chi connectivity index (χ0) is 15.6. The second kappa shape index (κ2) is 6.10. The Morgan fingerprint density at radius 1 is 0.565 bits per heavy atom. The molecule has 4 rings (SSSR count). The van der Waals surface area contributed by atoms with Crippen LogP contribution in [0.25, 0.3) is 21.5 Å². The van der Waals surface area contributed by atoms with E-state index in [1.165, 1.54) is 31.3 Å². The highest BCUT2D eigenvalue weighted by Crippen LogP contribution is 2.29. The predicted molar refractivity (Wildman–Crippen MR) is 102 cm³/mol. The van der Waals surface area contributed by atoms with Crippen LogP contribution < -0.4 is 0 Å². The quantitative estimate of drug-likeness (QED) is 0.404. The van der Waals surface area contributed by atoms with Gasteiger partial charge in [-0.2, -0.15) is 0 Å². The van der Waals surface area contributed by atoms with Crippen molar-refractivity contribution >= 4 is 32.4 Å². The van der Waals surface area contributed by atoms with Crippen LogP contribution in [0.1, 0.15) is 6.92 Å². The molecule has 4 aromatic carbocycles. The molecule has 4 aromatic rings. The topological polar surface area (TPSA) is 0 Å². The first-order valence-corrected chi connectivity index (χ1v) is 9.43. The molecule has 23 heavy (non-hydrogen) atoms. The summed E-state index contributed by atoms with van der Waals surface area (Å²) < 4.78 is 0. The van der Waals surface area contributed by atoms with Gasteiger partial charge in [0.1, 0.15) is 5.75 Å². The number of hydrogen-bond acceptors (Lipinski definition) is 0. The van der Waals surface area contributed by atoms with Crippen molar-refractivity contribution in [3.63, 3.8) is 0 Å². The average Bonchev–Trinajstić information content (AvgIpc) is 2.62. The van der Waals surface area contributed by atoms with Gasteiger partial charge in [0, 0.05) is 12.1 Å². The van der Waals surface area contributed by atoms with Gasteiger partial charge in [-0.05, 0) is 52.7 Å². The predicted octanol–water partition coefficient (Wildman–Crippen LogP) is 6.05. The third-order valence-electron chi connectivity index (χ3n) is 4.30. The molecule has 0 fully saturated rings. The van der Waals surface area contributed by atoms with E-state index >= 15 is 0 Å². The third-order valence-corrected chi connectivity index (χ3v) is 6.52. The van der Waals surface area contributed by atoms with Crippen LogP contribution in [-0.2, 0) is 10.9 Å². The third kappa shape index (κ3) is 2.73. The Kier molecular flexibility index (Phi) is 3.80. The summed E-state index contributed by atoms with van der Waals surface area (Å²) in [6, 6.07) is 31.0. The molecule has 0 heterocycles. The lowest BCUT2D eigenvalue weighted by Crippen LogP contribution is -2.06. The van der Waals surface area contributed by atoms with Gasteiger partial charge in [0.05, 0.1) is 10.9 Å². The van der Waals surface area contributed by atoms with Gasteiger partial charge in [-0.1, -0.05) is 48.5 Å². The summed E-state index contributed by atoms with van der Waals surface area (Å²) in [6.45, 7) is 2.29. The minimum Gasteiger partial charge on any atom is -0.0616 e. The molecule has 0 spiro atoms. The molecule has 0 radical (unpaired) electrons. The SMILES string of the molecule is CC[S+](c1ccc2ccccc2c1)c1ccc2ccccc2c1. The highest BCUT2D eigenvalue weighted by molar-refractivity contribution is 7.97. The van der Waals surface area contributed by atoms with E-state index < -0.39 is 0 Å². The maximum absolute atomic E-state index is 2.36. The summed E-state index contributed by atoms with van der Waals surface area (Å²) in [7, 11) is 0.130. The summed E-state index contributed by atoms with van der Waals surface area (Å²) in [6.07, 6.45) is 0.